The Morgan fingerprint density at radius 3 is 2.70 bits per heavy atom. The molecule has 7 nitrogen and oxygen atoms in total. The third-order valence-electron chi connectivity index (χ3n) is 2.62. The van der Waals surface area contributed by atoms with Crippen molar-refractivity contribution in [1.82, 2.24) is 19.7 Å². The van der Waals surface area contributed by atoms with E-state index in [0.29, 0.717) is 17.1 Å². The zero-order valence-corrected chi connectivity index (χ0v) is 11.4. The van der Waals surface area contributed by atoms with E-state index in [-0.39, 0.29) is 5.91 Å². The number of esters is 1. The van der Waals surface area contributed by atoms with Gasteiger partial charge in [-0.05, 0) is 18.2 Å². The number of methoxy groups -OCH3 is 1. The molecule has 0 saturated heterocycles. The number of pyridine rings is 1. The van der Waals surface area contributed by atoms with Gasteiger partial charge in [-0.15, -0.1) is 0 Å². The third kappa shape index (κ3) is 2.66. The maximum atomic E-state index is 11.8. The van der Waals surface area contributed by atoms with Crippen LogP contribution in [0.5, 0.6) is 0 Å². The Kier molecular flexibility index (Phi) is 3.79. The molecule has 2 heterocycles. The number of amides is 1. The lowest BCUT2D eigenvalue weighted by atomic mass is 10.2. The average Bonchev–Trinajstić information content (AvgIpc) is 2.95. The number of carbonyl (C=O) groups is 2. The van der Waals surface area contributed by atoms with Crippen molar-refractivity contribution in [3.63, 3.8) is 0 Å². The number of rotatable bonds is 3. The van der Waals surface area contributed by atoms with Gasteiger partial charge >= 0.3 is 5.97 Å². The lowest BCUT2D eigenvalue weighted by molar-refractivity contribution is 0.0600. The molecule has 0 atom stereocenters. The van der Waals surface area contributed by atoms with E-state index in [1.807, 2.05) is 0 Å². The summed E-state index contributed by atoms with van der Waals surface area (Å²) in [4.78, 5) is 28.8. The molecule has 0 radical (unpaired) electrons. The first-order chi connectivity index (χ1) is 9.52. The van der Waals surface area contributed by atoms with Gasteiger partial charge in [0.05, 0.1) is 12.7 Å². The van der Waals surface area contributed by atoms with Gasteiger partial charge in [0, 0.05) is 26.5 Å². The number of hydrogen-bond acceptors (Lipinski definition) is 5. The summed E-state index contributed by atoms with van der Waals surface area (Å²) in [5, 5.41) is 4.14. The first kappa shape index (κ1) is 13.7. The first-order valence-corrected chi connectivity index (χ1v) is 5.85. The molecule has 2 aromatic rings. The summed E-state index contributed by atoms with van der Waals surface area (Å²) < 4.78 is 6.08. The fourth-order valence-corrected chi connectivity index (χ4v) is 1.58. The van der Waals surface area contributed by atoms with E-state index >= 15 is 0 Å². The second-order valence-corrected chi connectivity index (χ2v) is 4.24. The zero-order valence-electron chi connectivity index (χ0n) is 11.4. The molecule has 0 saturated carbocycles. The maximum Gasteiger partial charge on any atom is 0.338 e. The molecule has 0 aliphatic heterocycles. The van der Waals surface area contributed by atoms with Crippen LogP contribution in [0.25, 0.3) is 5.82 Å². The van der Waals surface area contributed by atoms with Crippen LogP contribution in [0.4, 0.5) is 0 Å². The van der Waals surface area contributed by atoms with Crippen molar-refractivity contribution in [2.24, 2.45) is 0 Å². The third-order valence-corrected chi connectivity index (χ3v) is 2.62. The van der Waals surface area contributed by atoms with Crippen LogP contribution >= 0.6 is 0 Å². The number of nitrogens with zero attached hydrogens (tertiary/aromatic N) is 4. The summed E-state index contributed by atoms with van der Waals surface area (Å²) in [6.45, 7) is 0. The van der Waals surface area contributed by atoms with Gasteiger partial charge in [-0.3, -0.25) is 4.79 Å². The van der Waals surface area contributed by atoms with Crippen LogP contribution in [-0.4, -0.2) is 52.7 Å². The van der Waals surface area contributed by atoms with Crippen molar-refractivity contribution in [2.45, 2.75) is 0 Å². The van der Waals surface area contributed by atoms with Gasteiger partial charge in [0.1, 0.15) is 0 Å². The largest absolute Gasteiger partial charge is 0.465 e. The number of hydrogen-bond donors (Lipinski definition) is 0. The molecule has 0 unspecified atom stereocenters. The summed E-state index contributed by atoms with van der Waals surface area (Å²) in [7, 11) is 4.61. The molecule has 1 amide bonds. The highest BCUT2D eigenvalue weighted by molar-refractivity contribution is 5.92. The predicted octanol–water partition coefficient (Wildman–Crippen LogP) is 0.756. The molecule has 0 aliphatic rings. The molecule has 2 rings (SSSR count). The van der Waals surface area contributed by atoms with Crippen LogP contribution in [0.1, 0.15) is 20.8 Å². The van der Waals surface area contributed by atoms with Crippen LogP contribution < -0.4 is 0 Å². The molecule has 0 N–H and O–H groups in total. The summed E-state index contributed by atoms with van der Waals surface area (Å²) >= 11 is 0. The van der Waals surface area contributed by atoms with Gasteiger partial charge < -0.3 is 9.64 Å². The van der Waals surface area contributed by atoms with E-state index in [2.05, 4.69) is 14.8 Å². The van der Waals surface area contributed by atoms with Gasteiger partial charge in [0.25, 0.3) is 5.91 Å². The second-order valence-electron chi connectivity index (χ2n) is 4.24. The van der Waals surface area contributed by atoms with E-state index in [1.54, 1.807) is 38.5 Å². The second kappa shape index (κ2) is 5.52. The van der Waals surface area contributed by atoms with Crippen molar-refractivity contribution in [1.29, 1.82) is 0 Å². The Hall–Kier alpha value is -2.70. The lowest BCUT2D eigenvalue weighted by Gasteiger charge is -2.07. The van der Waals surface area contributed by atoms with Gasteiger partial charge in [0.15, 0.2) is 11.5 Å². The Morgan fingerprint density at radius 1 is 1.30 bits per heavy atom. The smallest absolute Gasteiger partial charge is 0.338 e. The van der Waals surface area contributed by atoms with E-state index in [1.165, 1.54) is 22.9 Å². The SMILES string of the molecule is COC(=O)c1ccnc(-n2ccc(C(=O)N(C)C)n2)c1. The minimum Gasteiger partial charge on any atom is -0.465 e. The Balaban J connectivity index is 2.33. The fourth-order valence-electron chi connectivity index (χ4n) is 1.58. The average molecular weight is 274 g/mol. The van der Waals surface area contributed by atoms with Crippen LogP contribution in [0.3, 0.4) is 0 Å². The quantitative estimate of drug-likeness (QED) is 0.772. The van der Waals surface area contributed by atoms with Gasteiger partial charge in [-0.2, -0.15) is 5.10 Å². The van der Waals surface area contributed by atoms with Crippen LogP contribution in [0, 0.1) is 0 Å². The monoisotopic (exact) mass is 274 g/mol. The Bertz CT molecular complexity index is 649. The summed E-state index contributed by atoms with van der Waals surface area (Å²) in [6, 6.07) is 4.68. The molecule has 20 heavy (non-hydrogen) atoms. The molecule has 0 bridgehead atoms. The maximum absolute atomic E-state index is 11.8. The van der Waals surface area contributed by atoms with Crippen molar-refractivity contribution in [3.8, 4) is 5.82 Å². The standard InChI is InChI=1S/C13H14N4O3/c1-16(2)12(18)10-5-7-17(15-10)11-8-9(4-6-14-11)13(19)20-3/h4-8H,1-3H3. The molecule has 0 spiro atoms. The molecular weight excluding hydrogens is 260 g/mol. The van der Waals surface area contributed by atoms with E-state index in [0.717, 1.165) is 0 Å². The van der Waals surface area contributed by atoms with Crippen LogP contribution in [-0.2, 0) is 4.74 Å². The number of aromatic nitrogens is 3. The van der Waals surface area contributed by atoms with E-state index in [9.17, 15) is 9.59 Å². The zero-order chi connectivity index (χ0) is 14.7. The van der Waals surface area contributed by atoms with Crippen LogP contribution in [0.2, 0.25) is 0 Å². The summed E-state index contributed by atoms with van der Waals surface area (Å²) in [5.74, 6) is -0.219. The molecule has 2 aromatic heterocycles. The van der Waals surface area contributed by atoms with Crippen molar-refractivity contribution < 1.29 is 14.3 Å². The van der Waals surface area contributed by atoms with Gasteiger partial charge in [-0.1, -0.05) is 0 Å². The summed E-state index contributed by atoms with van der Waals surface area (Å²) in [5.41, 5.74) is 0.675. The summed E-state index contributed by atoms with van der Waals surface area (Å²) in [6.07, 6.45) is 3.09. The highest BCUT2D eigenvalue weighted by Crippen LogP contribution is 2.09. The van der Waals surface area contributed by atoms with Gasteiger partial charge in [0.2, 0.25) is 0 Å². The van der Waals surface area contributed by atoms with Gasteiger partial charge in [-0.25, -0.2) is 14.5 Å². The Morgan fingerprint density at radius 2 is 2.05 bits per heavy atom. The van der Waals surface area contributed by atoms with E-state index in [4.69, 9.17) is 0 Å². The predicted molar refractivity (Wildman–Crippen MR) is 70.7 cm³/mol. The van der Waals surface area contributed by atoms with Crippen molar-refractivity contribution in [3.05, 3.63) is 41.9 Å². The Labute approximate surface area is 115 Å². The highest BCUT2D eigenvalue weighted by atomic mass is 16.5. The normalized spacial score (nSPS) is 10.2. The molecular formula is C13H14N4O3. The highest BCUT2D eigenvalue weighted by Gasteiger charge is 2.13. The molecule has 0 aliphatic carbocycles. The van der Waals surface area contributed by atoms with Crippen molar-refractivity contribution >= 4 is 11.9 Å². The molecule has 7 heteroatoms. The topological polar surface area (TPSA) is 77.3 Å². The lowest BCUT2D eigenvalue weighted by Crippen LogP contribution is -2.22. The number of carbonyl (C=O) groups excluding carboxylic acids is 2. The number of ether oxygens (including phenoxy) is 1. The van der Waals surface area contributed by atoms with Crippen LogP contribution in [0.15, 0.2) is 30.6 Å². The van der Waals surface area contributed by atoms with Crippen molar-refractivity contribution in [2.75, 3.05) is 21.2 Å². The molecule has 0 aromatic carbocycles. The van der Waals surface area contributed by atoms with E-state index < -0.39 is 5.97 Å². The fraction of sp³-hybridized carbons (Fsp3) is 0.231. The molecule has 104 valence electrons. The minimum absolute atomic E-state index is 0.201. The molecule has 0 fully saturated rings. The minimum atomic E-state index is -0.453. The first-order valence-electron chi connectivity index (χ1n) is 5.85.